The number of hydrogen-bond acceptors (Lipinski definition) is 2. The molecule has 0 fully saturated rings. The van der Waals surface area contributed by atoms with Gasteiger partial charge >= 0.3 is 0 Å². The summed E-state index contributed by atoms with van der Waals surface area (Å²) < 4.78 is 18.7. The van der Waals surface area contributed by atoms with Crippen molar-refractivity contribution in [2.75, 3.05) is 6.61 Å². The van der Waals surface area contributed by atoms with Crippen LogP contribution in [0, 0.1) is 5.82 Å². The van der Waals surface area contributed by atoms with E-state index in [0.29, 0.717) is 6.61 Å². The van der Waals surface area contributed by atoms with Crippen molar-refractivity contribution in [2.24, 2.45) is 4.99 Å². The molecule has 2 rings (SSSR count). The third-order valence-corrected chi connectivity index (χ3v) is 3.03. The molecule has 1 aliphatic rings. The smallest absolute Gasteiger partial charge is 0.169 e. The summed E-state index contributed by atoms with van der Waals surface area (Å²) in [4.78, 5) is 4.21. The van der Waals surface area contributed by atoms with Crippen LogP contribution in [0.4, 0.5) is 4.39 Å². The number of benzene rings is 1. The monoisotopic (exact) mass is 221 g/mol. The summed E-state index contributed by atoms with van der Waals surface area (Å²) in [7, 11) is 0. The van der Waals surface area contributed by atoms with Crippen molar-refractivity contribution in [3.63, 3.8) is 0 Å². The molecule has 0 bridgehead atoms. The number of aliphatic imine (C=N–C) groups is 1. The topological polar surface area (TPSA) is 21.6 Å². The van der Waals surface area contributed by atoms with Crippen molar-refractivity contribution < 1.29 is 9.13 Å². The molecule has 1 aliphatic heterocycles. The zero-order valence-electron chi connectivity index (χ0n) is 9.40. The molecule has 0 spiro atoms. The van der Waals surface area contributed by atoms with E-state index in [4.69, 9.17) is 4.74 Å². The highest BCUT2D eigenvalue weighted by Crippen LogP contribution is 2.28. The zero-order valence-corrected chi connectivity index (χ0v) is 9.40. The van der Waals surface area contributed by atoms with Gasteiger partial charge in [0.05, 0.1) is 6.04 Å². The average Bonchev–Trinajstić information content (AvgIpc) is 2.80. The molecule has 16 heavy (non-hydrogen) atoms. The van der Waals surface area contributed by atoms with Gasteiger partial charge < -0.3 is 4.74 Å². The molecule has 0 aliphatic carbocycles. The molecule has 2 atom stereocenters. The SMILES string of the molecule is CCC(CC1COC=N1)c1ccccc1F. The van der Waals surface area contributed by atoms with Crippen LogP contribution in [0.1, 0.15) is 31.2 Å². The van der Waals surface area contributed by atoms with Crippen molar-refractivity contribution in [3.8, 4) is 0 Å². The summed E-state index contributed by atoms with van der Waals surface area (Å²) in [6.45, 7) is 2.71. The second-order valence-corrected chi connectivity index (χ2v) is 4.10. The van der Waals surface area contributed by atoms with Crippen LogP contribution in [-0.4, -0.2) is 19.0 Å². The highest BCUT2D eigenvalue weighted by atomic mass is 19.1. The van der Waals surface area contributed by atoms with Crippen LogP contribution in [0.2, 0.25) is 0 Å². The van der Waals surface area contributed by atoms with Crippen LogP contribution in [0.3, 0.4) is 0 Å². The maximum Gasteiger partial charge on any atom is 0.169 e. The van der Waals surface area contributed by atoms with E-state index in [0.717, 1.165) is 18.4 Å². The number of halogens is 1. The maximum absolute atomic E-state index is 13.6. The van der Waals surface area contributed by atoms with Gasteiger partial charge in [-0.05, 0) is 30.4 Å². The Labute approximate surface area is 95.2 Å². The highest BCUT2D eigenvalue weighted by Gasteiger charge is 2.20. The number of nitrogens with zero attached hydrogens (tertiary/aromatic N) is 1. The third-order valence-electron chi connectivity index (χ3n) is 3.03. The van der Waals surface area contributed by atoms with Crippen molar-refractivity contribution in [2.45, 2.75) is 31.7 Å². The molecule has 0 amide bonds. The van der Waals surface area contributed by atoms with Gasteiger partial charge in [0.25, 0.3) is 0 Å². The second-order valence-electron chi connectivity index (χ2n) is 4.10. The fourth-order valence-corrected chi connectivity index (χ4v) is 2.10. The first-order valence-electron chi connectivity index (χ1n) is 5.69. The summed E-state index contributed by atoms with van der Waals surface area (Å²) in [6, 6.07) is 7.18. The summed E-state index contributed by atoms with van der Waals surface area (Å²) in [5, 5.41) is 0. The zero-order chi connectivity index (χ0) is 11.4. The van der Waals surface area contributed by atoms with Gasteiger partial charge in [-0.2, -0.15) is 0 Å². The molecule has 2 nitrogen and oxygen atoms in total. The predicted octanol–water partition coefficient (Wildman–Crippen LogP) is 3.14. The van der Waals surface area contributed by atoms with Crippen molar-refractivity contribution in [1.82, 2.24) is 0 Å². The van der Waals surface area contributed by atoms with E-state index >= 15 is 0 Å². The van der Waals surface area contributed by atoms with Crippen molar-refractivity contribution in [1.29, 1.82) is 0 Å². The molecule has 0 N–H and O–H groups in total. The first-order chi connectivity index (χ1) is 7.81. The molecule has 1 aromatic carbocycles. The minimum absolute atomic E-state index is 0.114. The molecule has 2 unspecified atom stereocenters. The fourth-order valence-electron chi connectivity index (χ4n) is 2.10. The lowest BCUT2D eigenvalue weighted by atomic mass is 9.90. The van der Waals surface area contributed by atoms with E-state index in [1.54, 1.807) is 6.07 Å². The fraction of sp³-hybridized carbons (Fsp3) is 0.462. The van der Waals surface area contributed by atoms with E-state index < -0.39 is 0 Å². The lowest BCUT2D eigenvalue weighted by Crippen LogP contribution is -2.13. The first-order valence-corrected chi connectivity index (χ1v) is 5.69. The molecule has 1 heterocycles. The molecular formula is C13H16FNO. The van der Waals surface area contributed by atoms with Crippen LogP contribution in [0.5, 0.6) is 0 Å². The number of rotatable bonds is 4. The maximum atomic E-state index is 13.6. The Morgan fingerprint density at radius 1 is 1.50 bits per heavy atom. The highest BCUT2D eigenvalue weighted by molar-refractivity contribution is 5.49. The largest absolute Gasteiger partial charge is 0.481 e. The van der Waals surface area contributed by atoms with Crippen LogP contribution < -0.4 is 0 Å². The Morgan fingerprint density at radius 2 is 2.31 bits per heavy atom. The van der Waals surface area contributed by atoms with Gasteiger partial charge in [-0.3, -0.25) is 4.99 Å². The summed E-state index contributed by atoms with van der Waals surface area (Å²) >= 11 is 0. The summed E-state index contributed by atoms with van der Waals surface area (Å²) in [5.74, 6) is 0.113. The quantitative estimate of drug-likeness (QED) is 0.765. The standard InChI is InChI=1S/C13H16FNO/c1-2-10(7-11-8-16-9-15-11)12-5-3-4-6-13(12)14/h3-6,9-11H,2,7-8H2,1H3. The Bertz CT molecular complexity index is 378. The Morgan fingerprint density at radius 3 is 2.94 bits per heavy atom. The minimum Gasteiger partial charge on any atom is -0.481 e. The molecular weight excluding hydrogens is 205 g/mol. The van der Waals surface area contributed by atoms with E-state index in [-0.39, 0.29) is 17.8 Å². The van der Waals surface area contributed by atoms with Gasteiger partial charge in [0.15, 0.2) is 6.40 Å². The average molecular weight is 221 g/mol. The molecule has 86 valence electrons. The lowest BCUT2D eigenvalue weighted by molar-refractivity contribution is 0.313. The minimum atomic E-state index is -0.114. The molecule has 0 radical (unpaired) electrons. The van der Waals surface area contributed by atoms with Crippen molar-refractivity contribution in [3.05, 3.63) is 35.6 Å². The third kappa shape index (κ3) is 2.40. The number of hydrogen-bond donors (Lipinski definition) is 0. The van der Waals surface area contributed by atoms with E-state index in [9.17, 15) is 4.39 Å². The second kappa shape index (κ2) is 5.10. The normalized spacial score (nSPS) is 20.8. The predicted molar refractivity (Wildman–Crippen MR) is 62.3 cm³/mol. The molecule has 1 aromatic rings. The van der Waals surface area contributed by atoms with Crippen LogP contribution in [0.15, 0.2) is 29.3 Å². The van der Waals surface area contributed by atoms with Crippen LogP contribution >= 0.6 is 0 Å². The van der Waals surface area contributed by atoms with Gasteiger partial charge in [0.1, 0.15) is 12.4 Å². The molecule has 3 heteroatoms. The molecule has 0 saturated heterocycles. The van der Waals surface area contributed by atoms with Gasteiger partial charge in [-0.15, -0.1) is 0 Å². The molecule has 0 saturated carbocycles. The van der Waals surface area contributed by atoms with Crippen LogP contribution in [0.25, 0.3) is 0 Å². The van der Waals surface area contributed by atoms with Crippen molar-refractivity contribution >= 4 is 6.40 Å². The summed E-state index contributed by atoms with van der Waals surface area (Å²) in [5.41, 5.74) is 0.798. The van der Waals surface area contributed by atoms with E-state index in [2.05, 4.69) is 11.9 Å². The molecule has 0 aromatic heterocycles. The van der Waals surface area contributed by atoms with E-state index in [1.165, 1.54) is 12.5 Å². The first kappa shape index (κ1) is 11.1. The van der Waals surface area contributed by atoms with Crippen LogP contribution in [-0.2, 0) is 4.74 Å². The van der Waals surface area contributed by atoms with Gasteiger partial charge in [-0.25, -0.2) is 4.39 Å². The van der Waals surface area contributed by atoms with Gasteiger partial charge in [-0.1, -0.05) is 25.1 Å². The van der Waals surface area contributed by atoms with Gasteiger partial charge in [0.2, 0.25) is 0 Å². The summed E-state index contributed by atoms with van der Waals surface area (Å²) in [6.07, 6.45) is 3.28. The lowest BCUT2D eigenvalue weighted by Gasteiger charge is -2.17. The Balaban J connectivity index is 2.10. The van der Waals surface area contributed by atoms with E-state index in [1.807, 2.05) is 12.1 Å². The van der Waals surface area contributed by atoms with Gasteiger partial charge in [0, 0.05) is 0 Å². The Hall–Kier alpha value is -1.38. The Kier molecular flexibility index (Phi) is 3.54. The number of ether oxygens (including phenoxy) is 1.